The molecule has 0 aromatic heterocycles. The Labute approximate surface area is 481 Å². The summed E-state index contributed by atoms with van der Waals surface area (Å²) in [5, 5.41) is 11.8. The summed E-state index contributed by atoms with van der Waals surface area (Å²) in [6.45, 7) is 4.63. The van der Waals surface area contributed by atoms with E-state index in [2.05, 4.69) is 86.8 Å². The van der Waals surface area contributed by atoms with E-state index in [1.54, 1.807) is 0 Å². The number of allylic oxidation sites excluding steroid dienone is 12. The van der Waals surface area contributed by atoms with Gasteiger partial charge in [0.2, 0.25) is 0 Å². The van der Waals surface area contributed by atoms with Gasteiger partial charge in [-0.3, -0.25) is 9.59 Å². The molecule has 0 rings (SSSR count). The molecule has 0 aromatic carbocycles. The molecular weight excluding hydrogens is 971 g/mol. The number of esters is 2. The van der Waals surface area contributed by atoms with Crippen LogP contribution in [0, 0.1) is 0 Å². The van der Waals surface area contributed by atoms with Crippen molar-refractivity contribution in [1.29, 1.82) is 0 Å². The summed E-state index contributed by atoms with van der Waals surface area (Å²) in [5.41, 5.74) is 0. The maximum Gasteiger partial charge on any atom is 0.306 e. The molecule has 0 fully saturated rings. The highest BCUT2D eigenvalue weighted by atomic mass is 16.7. The highest BCUT2D eigenvalue weighted by Gasteiger charge is 2.22. The lowest BCUT2D eigenvalue weighted by Crippen LogP contribution is -2.44. The Morgan fingerprint density at radius 1 is 0.397 bits per heavy atom. The zero-order chi connectivity index (χ0) is 56.9. The number of carboxylic acid groups (broad SMARTS) is 1. The van der Waals surface area contributed by atoms with Gasteiger partial charge in [0.05, 0.1) is 40.3 Å². The van der Waals surface area contributed by atoms with E-state index in [9.17, 15) is 19.5 Å². The van der Waals surface area contributed by atoms with Gasteiger partial charge in [-0.05, 0) is 83.5 Å². The number of carbonyl (C=O) groups excluding carboxylic acids is 3. The van der Waals surface area contributed by atoms with Crippen LogP contribution in [0.5, 0.6) is 0 Å². The third-order valence-electron chi connectivity index (χ3n) is 14.2. The lowest BCUT2D eigenvalue weighted by Gasteiger charge is -2.26. The number of carboxylic acids is 1. The molecule has 0 bridgehead atoms. The molecule has 9 heteroatoms. The summed E-state index contributed by atoms with van der Waals surface area (Å²) in [6, 6.07) is 0. The van der Waals surface area contributed by atoms with Crippen LogP contribution in [0.3, 0.4) is 0 Å². The van der Waals surface area contributed by atoms with Crippen LogP contribution >= 0.6 is 0 Å². The molecule has 0 saturated carbocycles. The van der Waals surface area contributed by atoms with Gasteiger partial charge < -0.3 is 33.3 Å². The Kier molecular flexibility index (Phi) is 57.3. The molecule has 452 valence electrons. The van der Waals surface area contributed by atoms with Crippen molar-refractivity contribution in [3.05, 3.63) is 72.9 Å². The van der Waals surface area contributed by atoms with Crippen molar-refractivity contribution in [1.82, 2.24) is 0 Å². The van der Waals surface area contributed by atoms with Crippen molar-refractivity contribution in [2.75, 3.05) is 47.5 Å². The molecule has 0 aliphatic carbocycles. The van der Waals surface area contributed by atoms with E-state index in [0.717, 1.165) is 83.5 Å². The van der Waals surface area contributed by atoms with Crippen LogP contribution in [0.4, 0.5) is 0 Å². The van der Waals surface area contributed by atoms with Crippen LogP contribution in [0.2, 0.25) is 0 Å². The molecule has 0 aliphatic rings. The van der Waals surface area contributed by atoms with Gasteiger partial charge >= 0.3 is 11.9 Å². The molecule has 0 N–H and O–H groups in total. The third-order valence-corrected chi connectivity index (χ3v) is 14.2. The number of carbonyl (C=O) groups is 3. The lowest BCUT2D eigenvalue weighted by molar-refractivity contribution is -0.870. The number of ether oxygens (including phenoxy) is 4. The van der Waals surface area contributed by atoms with Gasteiger partial charge in [-0.25, -0.2) is 0 Å². The molecular formula is C69H123NO8. The van der Waals surface area contributed by atoms with Crippen molar-refractivity contribution in [2.24, 2.45) is 0 Å². The standard InChI is InChI=1S/C69H123NO8/c1-6-8-10-12-14-16-18-20-22-24-25-26-27-28-29-30-31-32-33-34-35-36-37-38-39-40-41-42-43-44-46-48-50-52-54-56-58-60-67(72)78-65(64-77-69(68(73)74)75-62-61-70(3,4)5)63-76-66(71)59-57-55-53-51-49-47-45-23-21-19-17-15-13-11-9-7-2/h8,10,14,16-17,19-20,22-23,25-26,45,65,69H,6-7,9,11-13,15,18,21,24,27-44,46-64H2,1-5H3/b10-8-,16-14-,19-17-,22-20-,26-25-,45-23-. The zero-order valence-electron chi connectivity index (χ0n) is 51.5. The van der Waals surface area contributed by atoms with Crippen molar-refractivity contribution in [2.45, 2.75) is 302 Å². The quantitative estimate of drug-likeness (QED) is 0.0195. The number of unbranched alkanes of at least 4 members (excludes halogenated alkanes) is 33. The van der Waals surface area contributed by atoms with E-state index in [0.29, 0.717) is 17.4 Å². The second-order valence-corrected chi connectivity index (χ2v) is 23.0. The summed E-state index contributed by atoms with van der Waals surface area (Å²) >= 11 is 0. The Bertz CT molecular complexity index is 1510. The second kappa shape index (κ2) is 59.8. The predicted octanol–water partition coefficient (Wildman–Crippen LogP) is 18.4. The second-order valence-electron chi connectivity index (χ2n) is 23.0. The maximum absolute atomic E-state index is 12.9. The molecule has 0 spiro atoms. The van der Waals surface area contributed by atoms with Gasteiger partial charge in [0, 0.05) is 12.8 Å². The fourth-order valence-corrected chi connectivity index (χ4v) is 9.21. The van der Waals surface area contributed by atoms with E-state index >= 15 is 0 Å². The van der Waals surface area contributed by atoms with Crippen LogP contribution in [0.1, 0.15) is 290 Å². The number of rotatable bonds is 60. The van der Waals surface area contributed by atoms with E-state index in [1.807, 2.05) is 21.1 Å². The maximum atomic E-state index is 12.9. The fourth-order valence-electron chi connectivity index (χ4n) is 9.21. The van der Waals surface area contributed by atoms with Crippen LogP contribution in [0.15, 0.2) is 72.9 Å². The molecule has 78 heavy (non-hydrogen) atoms. The Morgan fingerprint density at radius 3 is 1.09 bits per heavy atom. The van der Waals surface area contributed by atoms with E-state index in [1.165, 1.54) is 173 Å². The van der Waals surface area contributed by atoms with E-state index in [-0.39, 0.29) is 38.6 Å². The van der Waals surface area contributed by atoms with Crippen molar-refractivity contribution >= 4 is 17.9 Å². The molecule has 2 unspecified atom stereocenters. The van der Waals surface area contributed by atoms with Gasteiger partial charge in [-0.15, -0.1) is 0 Å². The Hall–Kier alpha value is -3.27. The number of hydrogen-bond acceptors (Lipinski definition) is 8. The minimum Gasteiger partial charge on any atom is -0.545 e. The van der Waals surface area contributed by atoms with Gasteiger partial charge in [0.15, 0.2) is 12.4 Å². The Morgan fingerprint density at radius 2 is 0.731 bits per heavy atom. The van der Waals surface area contributed by atoms with E-state index in [4.69, 9.17) is 18.9 Å². The van der Waals surface area contributed by atoms with Crippen LogP contribution < -0.4 is 5.11 Å². The Balaban J connectivity index is 4.01. The van der Waals surface area contributed by atoms with Gasteiger partial charge in [-0.1, -0.05) is 267 Å². The highest BCUT2D eigenvalue weighted by molar-refractivity contribution is 5.70. The summed E-state index contributed by atoms with van der Waals surface area (Å²) in [7, 11) is 5.92. The summed E-state index contributed by atoms with van der Waals surface area (Å²) in [6.07, 6.45) is 75.6. The molecule has 0 aliphatic heterocycles. The molecule has 0 radical (unpaired) electrons. The summed E-state index contributed by atoms with van der Waals surface area (Å²) < 4.78 is 22.7. The topological polar surface area (TPSA) is 111 Å². The first-order valence-electron chi connectivity index (χ1n) is 32.6. The predicted molar refractivity (Wildman–Crippen MR) is 329 cm³/mol. The highest BCUT2D eigenvalue weighted by Crippen LogP contribution is 2.17. The summed E-state index contributed by atoms with van der Waals surface area (Å²) in [4.78, 5) is 37.3. The van der Waals surface area contributed by atoms with Crippen LogP contribution in [-0.4, -0.2) is 82.3 Å². The number of nitrogens with zero attached hydrogens (tertiary/aromatic N) is 1. The average molecular weight is 1090 g/mol. The molecule has 0 saturated heterocycles. The average Bonchev–Trinajstić information content (AvgIpc) is 3.41. The smallest absolute Gasteiger partial charge is 0.306 e. The van der Waals surface area contributed by atoms with Crippen LogP contribution in [0.25, 0.3) is 0 Å². The molecule has 2 atom stereocenters. The number of hydrogen-bond donors (Lipinski definition) is 0. The summed E-state index contributed by atoms with van der Waals surface area (Å²) in [5.74, 6) is -2.29. The molecule has 9 nitrogen and oxygen atoms in total. The monoisotopic (exact) mass is 1090 g/mol. The minimum atomic E-state index is -1.62. The molecule has 0 amide bonds. The first-order chi connectivity index (χ1) is 38.1. The van der Waals surface area contributed by atoms with Gasteiger partial charge in [0.25, 0.3) is 0 Å². The van der Waals surface area contributed by atoms with Crippen molar-refractivity contribution < 1.29 is 42.9 Å². The first-order valence-corrected chi connectivity index (χ1v) is 32.6. The minimum absolute atomic E-state index is 0.145. The third kappa shape index (κ3) is 60.4. The normalized spacial score (nSPS) is 13.2. The number of quaternary nitrogens is 1. The van der Waals surface area contributed by atoms with Crippen molar-refractivity contribution in [3.63, 3.8) is 0 Å². The first kappa shape index (κ1) is 74.7. The van der Waals surface area contributed by atoms with Crippen LogP contribution in [-0.2, 0) is 33.3 Å². The SMILES string of the molecule is CC/C=C\C/C=C\C/C=C\C/C=C\CCCCCCCCCCCCCCCCCCCCCCCCCCC(=O)OC(COC(=O)CCCCCCC/C=C\C/C=C\CCCCCC)COC(OCC[N+](C)(C)C)C(=O)[O-]. The van der Waals surface area contributed by atoms with Crippen molar-refractivity contribution in [3.8, 4) is 0 Å². The molecule has 0 heterocycles. The largest absolute Gasteiger partial charge is 0.545 e. The molecule has 0 aromatic rings. The van der Waals surface area contributed by atoms with E-state index < -0.39 is 24.3 Å². The number of aliphatic carboxylic acids is 1. The van der Waals surface area contributed by atoms with Gasteiger partial charge in [-0.2, -0.15) is 0 Å². The fraction of sp³-hybridized carbons (Fsp3) is 0.783. The lowest BCUT2D eigenvalue weighted by atomic mass is 10.0. The zero-order valence-corrected chi connectivity index (χ0v) is 51.5. The van der Waals surface area contributed by atoms with Gasteiger partial charge in [0.1, 0.15) is 13.2 Å². The number of likely N-dealkylation sites (N-methyl/N-ethyl adjacent to an activating group) is 1.